The van der Waals surface area contributed by atoms with E-state index in [-0.39, 0.29) is 11.9 Å². The SMILES string of the molecule is COC(=O)C1CCCN1C(=O)/C=C/c1ccccc1. The number of hydrogen-bond donors (Lipinski definition) is 0. The number of carbonyl (C=O) groups excluding carboxylic acids is 2. The second-order valence-electron chi connectivity index (χ2n) is 4.46. The fourth-order valence-electron chi connectivity index (χ4n) is 2.24. The summed E-state index contributed by atoms with van der Waals surface area (Å²) in [7, 11) is 1.35. The van der Waals surface area contributed by atoms with Crippen LogP contribution in [-0.4, -0.2) is 36.5 Å². The van der Waals surface area contributed by atoms with Gasteiger partial charge in [-0.25, -0.2) is 4.79 Å². The Morgan fingerprint density at radius 1 is 1.32 bits per heavy atom. The minimum Gasteiger partial charge on any atom is -0.467 e. The Hall–Kier alpha value is -2.10. The molecule has 0 N–H and O–H groups in total. The zero-order chi connectivity index (χ0) is 13.7. The van der Waals surface area contributed by atoms with Crippen LogP contribution in [0.4, 0.5) is 0 Å². The summed E-state index contributed by atoms with van der Waals surface area (Å²) in [6.45, 7) is 0.609. The Bertz CT molecular complexity index is 481. The van der Waals surface area contributed by atoms with Crippen LogP contribution >= 0.6 is 0 Å². The van der Waals surface area contributed by atoms with E-state index in [9.17, 15) is 9.59 Å². The molecule has 1 amide bonds. The molecule has 100 valence electrons. The highest BCUT2D eigenvalue weighted by molar-refractivity contribution is 5.95. The molecular weight excluding hydrogens is 242 g/mol. The minimum atomic E-state index is -0.432. The molecule has 1 aromatic rings. The van der Waals surface area contributed by atoms with Crippen molar-refractivity contribution in [1.29, 1.82) is 0 Å². The summed E-state index contributed by atoms with van der Waals surface area (Å²) in [5, 5.41) is 0. The fraction of sp³-hybridized carbons (Fsp3) is 0.333. The Balaban J connectivity index is 2.03. The number of methoxy groups -OCH3 is 1. The van der Waals surface area contributed by atoms with Gasteiger partial charge in [0, 0.05) is 12.6 Å². The van der Waals surface area contributed by atoms with E-state index in [1.54, 1.807) is 11.0 Å². The van der Waals surface area contributed by atoms with E-state index in [4.69, 9.17) is 4.74 Å². The van der Waals surface area contributed by atoms with Gasteiger partial charge in [0.25, 0.3) is 0 Å². The highest BCUT2D eigenvalue weighted by Gasteiger charge is 2.33. The third-order valence-electron chi connectivity index (χ3n) is 3.23. The van der Waals surface area contributed by atoms with Crippen molar-refractivity contribution >= 4 is 18.0 Å². The number of amides is 1. The maximum Gasteiger partial charge on any atom is 0.328 e. The van der Waals surface area contributed by atoms with Gasteiger partial charge in [0.05, 0.1) is 7.11 Å². The van der Waals surface area contributed by atoms with Crippen molar-refractivity contribution in [2.45, 2.75) is 18.9 Å². The normalized spacial score (nSPS) is 18.8. The smallest absolute Gasteiger partial charge is 0.328 e. The van der Waals surface area contributed by atoms with Gasteiger partial charge in [0.1, 0.15) is 6.04 Å². The van der Waals surface area contributed by atoms with E-state index in [1.807, 2.05) is 30.3 Å². The second kappa shape index (κ2) is 6.18. The lowest BCUT2D eigenvalue weighted by Gasteiger charge is -2.20. The van der Waals surface area contributed by atoms with Crippen molar-refractivity contribution in [3.63, 3.8) is 0 Å². The molecule has 0 bridgehead atoms. The number of rotatable bonds is 3. The molecule has 1 fully saturated rings. The highest BCUT2D eigenvalue weighted by atomic mass is 16.5. The summed E-state index contributed by atoms with van der Waals surface area (Å²) >= 11 is 0. The molecule has 1 saturated heterocycles. The lowest BCUT2D eigenvalue weighted by molar-refractivity contribution is -0.149. The summed E-state index contributed by atoms with van der Waals surface area (Å²) in [6, 6.07) is 9.16. The van der Waals surface area contributed by atoms with Gasteiger partial charge in [-0.15, -0.1) is 0 Å². The number of carbonyl (C=O) groups is 2. The molecule has 0 saturated carbocycles. The van der Waals surface area contributed by atoms with Crippen LogP contribution in [0.2, 0.25) is 0 Å². The molecule has 0 spiro atoms. The number of ether oxygens (including phenoxy) is 1. The summed E-state index contributed by atoms with van der Waals surface area (Å²) in [6.07, 6.45) is 4.79. The Labute approximate surface area is 112 Å². The molecule has 0 aliphatic carbocycles. The first-order valence-corrected chi connectivity index (χ1v) is 6.34. The van der Waals surface area contributed by atoms with E-state index in [0.717, 1.165) is 12.0 Å². The van der Waals surface area contributed by atoms with E-state index in [2.05, 4.69) is 0 Å². The van der Waals surface area contributed by atoms with Crippen molar-refractivity contribution < 1.29 is 14.3 Å². The van der Waals surface area contributed by atoms with Gasteiger partial charge in [-0.3, -0.25) is 4.79 Å². The van der Waals surface area contributed by atoms with Gasteiger partial charge in [0.15, 0.2) is 0 Å². The van der Waals surface area contributed by atoms with Crippen molar-refractivity contribution in [2.75, 3.05) is 13.7 Å². The van der Waals surface area contributed by atoms with E-state index < -0.39 is 6.04 Å². The number of esters is 1. The average Bonchev–Trinajstić information content (AvgIpc) is 2.94. The molecule has 1 aromatic carbocycles. The molecule has 1 aliphatic rings. The maximum absolute atomic E-state index is 12.1. The van der Waals surface area contributed by atoms with Crippen LogP contribution in [0.15, 0.2) is 36.4 Å². The minimum absolute atomic E-state index is 0.142. The van der Waals surface area contributed by atoms with Crippen LogP contribution < -0.4 is 0 Å². The van der Waals surface area contributed by atoms with Gasteiger partial charge in [-0.1, -0.05) is 30.3 Å². The molecule has 0 radical (unpaired) electrons. The van der Waals surface area contributed by atoms with Gasteiger partial charge in [0.2, 0.25) is 5.91 Å². The average molecular weight is 259 g/mol. The number of likely N-dealkylation sites (tertiary alicyclic amines) is 1. The lowest BCUT2D eigenvalue weighted by Crippen LogP contribution is -2.40. The third-order valence-corrected chi connectivity index (χ3v) is 3.23. The van der Waals surface area contributed by atoms with Crippen molar-refractivity contribution in [1.82, 2.24) is 4.90 Å². The van der Waals surface area contributed by atoms with Crippen LogP contribution in [0.25, 0.3) is 6.08 Å². The van der Waals surface area contributed by atoms with Gasteiger partial charge in [-0.2, -0.15) is 0 Å². The van der Waals surface area contributed by atoms with Gasteiger partial charge >= 0.3 is 5.97 Å². The molecule has 0 aromatic heterocycles. The Morgan fingerprint density at radius 2 is 2.05 bits per heavy atom. The largest absolute Gasteiger partial charge is 0.467 e. The van der Waals surface area contributed by atoms with E-state index in [1.165, 1.54) is 13.2 Å². The first kappa shape index (κ1) is 13.3. The zero-order valence-electron chi connectivity index (χ0n) is 10.9. The summed E-state index contributed by atoms with van der Waals surface area (Å²) in [4.78, 5) is 25.2. The first-order valence-electron chi connectivity index (χ1n) is 6.34. The molecular formula is C15H17NO3. The molecule has 2 rings (SSSR count). The maximum atomic E-state index is 12.1. The van der Waals surface area contributed by atoms with E-state index in [0.29, 0.717) is 13.0 Å². The molecule has 1 atom stereocenters. The quantitative estimate of drug-likeness (QED) is 0.615. The summed E-state index contributed by atoms with van der Waals surface area (Å²) in [5.41, 5.74) is 0.963. The molecule has 4 nitrogen and oxygen atoms in total. The third kappa shape index (κ3) is 3.22. The second-order valence-corrected chi connectivity index (χ2v) is 4.46. The lowest BCUT2D eigenvalue weighted by atomic mass is 10.2. The number of nitrogens with zero attached hydrogens (tertiary/aromatic N) is 1. The fourth-order valence-corrected chi connectivity index (χ4v) is 2.24. The van der Waals surface area contributed by atoms with Crippen LogP contribution in [0, 0.1) is 0 Å². The molecule has 1 heterocycles. The van der Waals surface area contributed by atoms with Crippen molar-refractivity contribution in [3.05, 3.63) is 42.0 Å². The topological polar surface area (TPSA) is 46.6 Å². The molecule has 1 unspecified atom stereocenters. The van der Waals surface area contributed by atoms with Crippen LogP contribution in [0.5, 0.6) is 0 Å². The van der Waals surface area contributed by atoms with Crippen molar-refractivity contribution in [2.24, 2.45) is 0 Å². The van der Waals surface area contributed by atoms with Crippen LogP contribution in [0.3, 0.4) is 0 Å². The number of benzene rings is 1. The summed E-state index contributed by atoms with van der Waals surface area (Å²) < 4.78 is 4.72. The molecule has 19 heavy (non-hydrogen) atoms. The van der Waals surface area contributed by atoms with Crippen molar-refractivity contribution in [3.8, 4) is 0 Å². The van der Waals surface area contributed by atoms with Crippen LogP contribution in [0.1, 0.15) is 18.4 Å². The zero-order valence-corrected chi connectivity index (χ0v) is 10.9. The van der Waals surface area contributed by atoms with Crippen LogP contribution in [-0.2, 0) is 14.3 Å². The standard InChI is InChI=1S/C15H17NO3/c1-19-15(18)13-8-5-11-16(13)14(17)10-9-12-6-3-2-4-7-12/h2-4,6-7,9-10,13H,5,8,11H2,1H3/b10-9+. The Morgan fingerprint density at radius 3 is 2.74 bits per heavy atom. The highest BCUT2D eigenvalue weighted by Crippen LogP contribution is 2.19. The van der Waals surface area contributed by atoms with Gasteiger partial charge in [-0.05, 0) is 24.5 Å². The van der Waals surface area contributed by atoms with Gasteiger partial charge < -0.3 is 9.64 Å². The Kier molecular flexibility index (Phi) is 4.34. The molecule has 4 heteroatoms. The monoisotopic (exact) mass is 259 g/mol. The predicted molar refractivity (Wildman–Crippen MR) is 72.2 cm³/mol. The molecule has 1 aliphatic heterocycles. The summed E-state index contributed by atoms with van der Waals surface area (Å²) in [5.74, 6) is -0.476. The predicted octanol–water partition coefficient (Wildman–Crippen LogP) is 1.86. The number of hydrogen-bond acceptors (Lipinski definition) is 3. The first-order chi connectivity index (χ1) is 9.22. The van der Waals surface area contributed by atoms with E-state index >= 15 is 0 Å².